The maximum Gasteiger partial charge on any atom is 0.270 e. The fourth-order valence-corrected chi connectivity index (χ4v) is 5.63. The van der Waals surface area contributed by atoms with Crippen LogP contribution in [-0.2, 0) is 11.4 Å². The highest BCUT2D eigenvalue weighted by atomic mass is 79.9. The summed E-state index contributed by atoms with van der Waals surface area (Å²) in [4.78, 5) is 15.2. The Morgan fingerprint density at radius 2 is 1.81 bits per heavy atom. The molecule has 0 aromatic heterocycles. The maximum atomic E-state index is 13.2. The molecule has 186 valence electrons. The summed E-state index contributed by atoms with van der Waals surface area (Å²) >= 11 is 22.4. The van der Waals surface area contributed by atoms with Crippen molar-refractivity contribution in [1.29, 1.82) is 0 Å². The molecule has 10 heteroatoms. The van der Waals surface area contributed by atoms with Crippen LogP contribution in [0.5, 0.6) is 17.2 Å². The second-order valence-electron chi connectivity index (χ2n) is 7.52. The molecule has 0 saturated carbocycles. The number of carbonyl (C=O) groups is 1. The van der Waals surface area contributed by atoms with Gasteiger partial charge in [-0.15, -0.1) is 0 Å². The topological polar surface area (TPSA) is 48.0 Å². The van der Waals surface area contributed by atoms with Gasteiger partial charge in [0, 0.05) is 0 Å². The van der Waals surface area contributed by atoms with Crippen LogP contribution < -0.4 is 19.1 Å². The van der Waals surface area contributed by atoms with Gasteiger partial charge >= 0.3 is 0 Å². The quantitative estimate of drug-likeness (QED) is 0.186. The van der Waals surface area contributed by atoms with E-state index < -0.39 is 0 Å². The number of benzene rings is 3. The van der Waals surface area contributed by atoms with Gasteiger partial charge in [-0.05, 0) is 88.6 Å². The Kier molecular flexibility index (Phi) is 8.85. The van der Waals surface area contributed by atoms with E-state index in [1.54, 1.807) is 49.6 Å². The minimum atomic E-state index is -0.191. The SMILES string of the molecule is CCOc1cc(/C=C2\SC(=S)N(c3ccc(OC)cc3)C2=O)cc(Br)c1OCc1ccc(Cl)c(Cl)c1. The molecule has 0 spiro atoms. The fourth-order valence-electron chi connectivity index (χ4n) is 3.43. The molecule has 5 nitrogen and oxygen atoms in total. The first kappa shape index (κ1) is 26.8. The van der Waals surface area contributed by atoms with Crippen LogP contribution in [0.25, 0.3) is 6.08 Å². The lowest BCUT2D eigenvalue weighted by atomic mass is 10.1. The molecule has 3 aromatic rings. The third kappa shape index (κ3) is 6.01. The third-order valence-corrected chi connectivity index (χ3v) is 7.75. The molecule has 1 fully saturated rings. The van der Waals surface area contributed by atoms with Crippen LogP contribution in [0.3, 0.4) is 0 Å². The van der Waals surface area contributed by atoms with E-state index in [1.165, 1.54) is 16.7 Å². The average Bonchev–Trinajstić information content (AvgIpc) is 3.13. The Balaban J connectivity index is 1.58. The van der Waals surface area contributed by atoms with Gasteiger partial charge in [0.25, 0.3) is 5.91 Å². The number of thiocarbonyl (C=S) groups is 1. The number of ether oxygens (including phenoxy) is 3. The summed E-state index contributed by atoms with van der Waals surface area (Å²) in [6.07, 6.45) is 1.79. The van der Waals surface area contributed by atoms with E-state index in [4.69, 9.17) is 49.6 Å². The number of halogens is 3. The number of hydrogen-bond acceptors (Lipinski definition) is 6. The van der Waals surface area contributed by atoms with Crippen molar-refractivity contribution in [3.8, 4) is 17.2 Å². The van der Waals surface area contributed by atoms with E-state index >= 15 is 0 Å². The van der Waals surface area contributed by atoms with Crippen LogP contribution in [0.4, 0.5) is 5.69 Å². The van der Waals surface area contributed by atoms with Crippen LogP contribution in [0.15, 0.2) is 64.0 Å². The Bertz CT molecular complexity index is 1350. The first-order valence-corrected chi connectivity index (χ1v) is 13.5. The fraction of sp³-hybridized carbons (Fsp3) is 0.154. The van der Waals surface area contributed by atoms with Crippen LogP contribution in [0.1, 0.15) is 18.1 Å². The molecule has 1 heterocycles. The van der Waals surface area contributed by atoms with Gasteiger partial charge < -0.3 is 14.2 Å². The molecule has 1 aliphatic rings. The number of rotatable bonds is 8. The Morgan fingerprint density at radius 3 is 2.47 bits per heavy atom. The lowest BCUT2D eigenvalue weighted by Gasteiger charge is -2.15. The van der Waals surface area contributed by atoms with Crippen molar-refractivity contribution in [2.24, 2.45) is 0 Å². The zero-order valence-corrected chi connectivity index (χ0v) is 23.9. The van der Waals surface area contributed by atoms with Crippen molar-refractivity contribution in [3.63, 3.8) is 0 Å². The van der Waals surface area contributed by atoms with Gasteiger partial charge in [-0.3, -0.25) is 9.69 Å². The van der Waals surface area contributed by atoms with Gasteiger partial charge in [0.1, 0.15) is 12.4 Å². The molecule has 0 radical (unpaired) electrons. The maximum absolute atomic E-state index is 13.2. The highest BCUT2D eigenvalue weighted by Gasteiger charge is 2.33. The van der Waals surface area contributed by atoms with Gasteiger partial charge in [-0.25, -0.2) is 0 Å². The lowest BCUT2D eigenvalue weighted by molar-refractivity contribution is -0.113. The largest absolute Gasteiger partial charge is 0.497 e. The molecule has 1 saturated heterocycles. The Hall–Kier alpha value is -2.23. The van der Waals surface area contributed by atoms with Gasteiger partial charge in [0.2, 0.25) is 0 Å². The first-order valence-electron chi connectivity index (χ1n) is 10.8. The van der Waals surface area contributed by atoms with Crippen molar-refractivity contribution in [3.05, 3.63) is 85.1 Å². The summed E-state index contributed by atoms with van der Waals surface area (Å²) < 4.78 is 18.2. The highest BCUT2D eigenvalue weighted by Crippen LogP contribution is 2.41. The van der Waals surface area contributed by atoms with Crippen molar-refractivity contribution in [2.75, 3.05) is 18.6 Å². The number of thioether (sulfide) groups is 1. The monoisotopic (exact) mass is 623 g/mol. The second-order valence-corrected chi connectivity index (χ2v) is 10.9. The molecule has 0 aliphatic carbocycles. The highest BCUT2D eigenvalue weighted by molar-refractivity contribution is 9.10. The molecule has 3 aromatic carbocycles. The number of amides is 1. The lowest BCUT2D eigenvalue weighted by Crippen LogP contribution is -2.27. The normalized spacial score (nSPS) is 14.5. The average molecular weight is 625 g/mol. The number of nitrogens with zero attached hydrogens (tertiary/aromatic N) is 1. The molecule has 0 unspecified atom stereocenters. The summed E-state index contributed by atoms with van der Waals surface area (Å²) in [5.41, 5.74) is 2.32. The smallest absolute Gasteiger partial charge is 0.270 e. The van der Waals surface area contributed by atoms with E-state index in [-0.39, 0.29) is 12.5 Å². The molecule has 1 aliphatic heterocycles. The third-order valence-electron chi connectivity index (χ3n) is 5.12. The zero-order chi connectivity index (χ0) is 25.8. The predicted octanol–water partition coefficient (Wildman–Crippen LogP) is 8.15. The predicted molar refractivity (Wildman–Crippen MR) is 155 cm³/mol. The van der Waals surface area contributed by atoms with Crippen LogP contribution >= 0.6 is 63.1 Å². The molecule has 1 amide bonds. The van der Waals surface area contributed by atoms with E-state index in [0.29, 0.717) is 53.3 Å². The van der Waals surface area contributed by atoms with Crippen molar-refractivity contribution >= 4 is 85.1 Å². The van der Waals surface area contributed by atoms with E-state index in [0.717, 1.165) is 11.1 Å². The summed E-state index contributed by atoms with van der Waals surface area (Å²) in [7, 11) is 1.59. The van der Waals surface area contributed by atoms with Gasteiger partial charge in [0.15, 0.2) is 15.8 Å². The van der Waals surface area contributed by atoms with Crippen molar-refractivity contribution in [2.45, 2.75) is 13.5 Å². The summed E-state index contributed by atoms with van der Waals surface area (Å²) in [5.74, 6) is 1.60. The molecule has 0 atom stereocenters. The minimum absolute atomic E-state index is 0.191. The molecule has 0 bridgehead atoms. The molecular formula is C26H20BrCl2NO4S2. The summed E-state index contributed by atoms with van der Waals surface area (Å²) in [6, 6.07) is 16.2. The second kappa shape index (κ2) is 11.9. The molecular weight excluding hydrogens is 605 g/mol. The van der Waals surface area contributed by atoms with Crippen LogP contribution in [0, 0.1) is 0 Å². The van der Waals surface area contributed by atoms with Crippen molar-refractivity contribution in [1.82, 2.24) is 0 Å². The number of anilines is 1. The van der Waals surface area contributed by atoms with Gasteiger partial charge in [-0.2, -0.15) is 0 Å². The standard InChI is InChI=1S/C26H20BrCl2NO4S2/c1-3-33-22-12-16(10-19(27)24(22)34-14-15-4-9-20(28)21(29)11-15)13-23-25(31)30(26(35)36-23)17-5-7-18(32-2)8-6-17/h4-13H,3,14H2,1-2H3/b23-13-. The first-order chi connectivity index (χ1) is 17.3. The van der Waals surface area contributed by atoms with Gasteiger partial charge in [0.05, 0.1) is 38.8 Å². The van der Waals surface area contributed by atoms with Crippen LogP contribution in [-0.4, -0.2) is 23.9 Å². The Labute approximate surface area is 237 Å². The van der Waals surface area contributed by atoms with Gasteiger partial charge in [-0.1, -0.05) is 53.2 Å². The van der Waals surface area contributed by atoms with Crippen molar-refractivity contribution < 1.29 is 19.0 Å². The molecule has 4 rings (SSSR count). The van der Waals surface area contributed by atoms with Crippen LogP contribution in [0.2, 0.25) is 10.0 Å². The number of carbonyl (C=O) groups excluding carboxylic acids is 1. The van der Waals surface area contributed by atoms with E-state index in [9.17, 15) is 4.79 Å². The number of hydrogen-bond donors (Lipinski definition) is 0. The van der Waals surface area contributed by atoms with E-state index in [1.807, 2.05) is 25.1 Å². The zero-order valence-electron chi connectivity index (χ0n) is 19.2. The minimum Gasteiger partial charge on any atom is -0.497 e. The summed E-state index contributed by atoms with van der Waals surface area (Å²) in [6.45, 7) is 2.61. The molecule has 36 heavy (non-hydrogen) atoms. The number of methoxy groups -OCH3 is 1. The summed E-state index contributed by atoms with van der Waals surface area (Å²) in [5, 5.41) is 0.947. The molecule has 0 N–H and O–H groups in total. The van der Waals surface area contributed by atoms with E-state index in [2.05, 4.69) is 15.9 Å². The Morgan fingerprint density at radius 1 is 1.06 bits per heavy atom.